The van der Waals surface area contributed by atoms with Gasteiger partial charge in [-0.25, -0.2) is 0 Å². The molecule has 3 aliphatic carbocycles. The standard InChI is InChI=1S/C25H36S/c1-22(2)12-11-21-20(13-22)14-24(5)16-23(3,4)17-25(21,18-24)26-15-19-9-7-6-8-10-19/h6-10H,11-18H2,1-5H3/t24-,25+/m0/s1. The zero-order valence-corrected chi connectivity index (χ0v) is 18.3. The summed E-state index contributed by atoms with van der Waals surface area (Å²) in [6.45, 7) is 12.6. The van der Waals surface area contributed by atoms with Crippen LogP contribution in [0.1, 0.15) is 85.1 Å². The molecule has 0 nitrogen and oxygen atoms in total. The maximum Gasteiger partial charge on any atom is 0.0384 e. The van der Waals surface area contributed by atoms with Gasteiger partial charge in [0.25, 0.3) is 0 Å². The molecule has 2 atom stereocenters. The van der Waals surface area contributed by atoms with Gasteiger partial charge >= 0.3 is 0 Å². The molecule has 1 heteroatoms. The van der Waals surface area contributed by atoms with Crippen LogP contribution in [0.15, 0.2) is 41.5 Å². The number of hydrogen-bond acceptors (Lipinski definition) is 1. The van der Waals surface area contributed by atoms with E-state index in [2.05, 4.69) is 76.7 Å². The Hall–Kier alpha value is -0.690. The second-order valence-electron chi connectivity index (χ2n) is 11.4. The number of hydrogen-bond donors (Lipinski definition) is 0. The van der Waals surface area contributed by atoms with Gasteiger partial charge in [0.1, 0.15) is 0 Å². The van der Waals surface area contributed by atoms with E-state index in [1.54, 1.807) is 0 Å². The average molecular weight is 369 g/mol. The van der Waals surface area contributed by atoms with E-state index in [0.29, 0.717) is 21.0 Å². The molecule has 1 saturated carbocycles. The number of thioether (sulfide) groups is 1. The predicted octanol–water partition coefficient (Wildman–Crippen LogP) is 7.79. The van der Waals surface area contributed by atoms with Gasteiger partial charge in [-0.2, -0.15) is 0 Å². The molecule has 0 aromatic heterocycles. The summed E-state index contributed by atoms with van der Waals surface area (Å²) in [5.41, 5.74) is 6.68. The monoisotopic (exact) mass is 368 g/mol. The molecule has 1 aromatic rings. The van der Waals surface area contributed by atoms with Crippen molar-refractivity contribution in [3.05, 3.63) is 47.0 Å². The fourth-order valence-electron chi connectivity index (χ4n) is 6.78. The first kappa shape index (κ1) is 18.7. The third kappa shape index (κ3) is 3.53. The fraction of sp³-hybridized carbons (Fsp3) is 0.680. The summed E-state index contributed by atoms with van der Waals surface area (Å²) < 4.78 is 0.385. The minimum atomic E-state index is 0.385. The third-order valence-electron chi connectivity index (χ3n) is 7.10. The molecule has 0 amide bonds. The Labute approximate surface area is 165 Å². The van der Waals surface area contributed by atoms with Gasteiger partial charge in [-0.05, 0) is 66.8 Å². The Balaban J connectivity index is 1.72. The number of rotatable bonds is 3. The van der Waals surface area contributed by atoms with Crippen LogP contribution in [0.2, 0.25) is 0 Å². The topological polar surface area (TPSA) is 0 Å². The van der Waals surface area contributed by atoms with E-state index >= 15 is 0 Å². The molecule has 26 heavy (non-hydrogen) atoms. The van der Waals surface area contributed by atoms with Gasteiger partial charge in [0.15, 0.2) is 0 Å². The third-order valence-corrected chi connectivity index (χ3v) is 8.67. The van der Waals surface area contributed by atoms with E-state index < -0.39 is 0 Å². The van der Waals surface area contributed by atoms with E-state index in [0.717, 1.165) is 5.75 Å². The highest BCUT2D eigenvalue weighted by atomic mass is 32.2. The van der Waals surface area contributed by atoms with Crippen molar-refractivity contribution in [2.24, 2.45) is 16.2 Å². The highest BCUT2D eigenvalue weighted by Gasteiger charge is 2.55. The van der Waals surface area contributed by atoms with Crippen LogP contribution in [0.25, 0.3) is 0 Å². The molecular formula is C25H36S. The smallest absolute Gasteiger partial charge is 0.0384 e. The fourth-order valence-corrected chi connectivity index (χ4v) is 8.78. The van der Waals surface area contributed by atoms with Crippen LogP contribution in [0.4, 0.5) is 0 Å². The summed E-state index contributed by atoms with van der Waals surface area (Å²) in [6, 6.07) is 11.1. The van der Waals surface area contributed by atoms with Crippen LogP contribution in [0.3, 0.4) is 0 Å². The van der Waals surface area contributed by atoms with Crippen molar-refractivity contribution < 1.29 is 0 Å². The lowest BCUT2D eigenvalue weighted by molar-refractivity contribution is 0.0606. The predicted molar refractivity (Wildman–Crippen MR) is 115 cm³/mol. The number of fused-ring (bicyclic) bond motifs is 3. The lowest BCUT2D eigenvalue weighted by atomic mass is 9.51. The van der Waals surface area contributed by atoms with Crippen molar-refractivity contribution in [2.75, 3.05) is 0 Å². The highest BCUT2D eigenvalue weighted by Crippen LogP contribution is 2.66. The Morgan fingerprint density at radius 3 is 2.31 bits per heavy atom. The van der Waals surface area contributed by atoms with Gasteiger partial charge in [-0.15, -0.1) is 11.8 Å². The maximum atomic E-state index is 2.59. The van der Waals surface area contributed by atoms with Crippen LogP contribution in [0, 0.1) is 16.2 Å². The van der Waals surface area contributed by atoms with Crippen LogP contribution in [-0.2, 0) is 5.75 Å². The SMILES string of the molecule is CC1(C)CCC2=C(C1)C[C@@]1(C)CC(C)(C)C[C@@]2(SCc2ccccc2)C1. The van der Waals surface area contributed by atoms with Gasteiger partial charge in [0, 0.05) is 10.5 Å². The van der Waals surface area contributed by atoms with Crippen molar-refractivity contribution in [1.29, 1.82) is 0 Å². The van der Waals surface area contributed by atoms with E-state index in [1.807, 2.05) is 11.1 Å². The number of benzene rings is 1. The van der Waals surface area contributed by atoms with Crippen LogP contribution >= 0.6 is 11.8 Å². The van der Waals surface area contributed by atoms with Crippen molar-refractivity contribution in [2.45, 2.75) is 90.1 Å². The molecule has 3 aliphatic rings. The van der Waals surface area contributed by atoms with Gasteiger partial charge in [0.2, 0.25) is 0 Å². The first-order valence-corrected chi connectivity index (χ1v) is 11.5. The van der Waals surface area contributed by atoms with Crippen molar-refractivity contribution in [3.8, 4) is 0 Å². The zero-order valence-electron chi connectivity index (χ0n) is 17.5. The van der Waals surface area contributed by atoms with Gasteiger partial charge in [-0.3, -0.25) is 0 Å². The lowest BCUT2D eigenvalue weighted by Gasteiger charge is -2.59. The Bertz CT molecular complexity index is 711. The van der Waals surface area contributed by atoms with Crippen molar-refractivity contribution in [3.63, 3.8) is 0 Å². The Morgan fingerprint density at radius 1 is 0.846 bits per heavy atom. The molecular weight excluding hydrogens is 332 g/mol. The maximum absolute atomic E-state index is 2.59. The molecule has 4 rings (SSSR count). The number of allylic oxidation sites excluding steroid dienone is 1. The minimum absolute atomic E-state index is 0.385. The lowest BCUT2D eigenvalue weighted by Crippen LogP contribution is -2.51. The summed E-state index contributed by atoms with van der Waals surface area (Å²) in [6.07, 6.45) is 9.58. The summed E-state index contributed by atoms with van der Waals surface area (Å²) in [7, 11) is 0. The molecule has 0 N–H and O–H groups in total. The van der Waals surface area contributed by atoms with Crippen molar-refractivity contribution >= 4 is 11.8 Å². The molecule has 0 unspecified atom stereocenters. The first-order chi connectivity index (χ1) is 12.1. The zero-order chi connectivity index (χ0) is 18.6. The Kier molecular flexibility index (Phi) is 4.42. The molecule has 142 valence electrons. The summed E-state index contributed by atoms with van der Waals surface area (Å²) in [4.78, 5) is 0. The molecule has 0 saturated heterocycles. The Morgan fingerprint density at radius 2 is 1.58 bits per heavy atom. The minimum Gasteiger partial charge on any atom is -0.146 e. The molecule has 0 aliphatic heterocycles. The molecule has 1 fully saturated rings. The van der Waals surface area contributed by atoms with Crippen LogP contribution < -0.4 is 0 Å². The van der Waals surface area contributed by atoms with Gasteiger partial charge in [-0.1, -0.05) is 76.1 Å². The van der Waals surface area contributed by atoms with Gasteiger partial charge in [0.05, 0.1) is 0 Å². The summed E-state index contributed by atoms with van der Waals surface area (Å²) in [5.74, 6) is 1.16. The molecule has 0 radical (unpaired) electrons. The van der Waals surface area contributed by atoms with E-state index in [1.165, 1.54) is 50.5 Å². The normalized spacial score (nSPS) is 35.1. The molecule has 0 heterocycles. The van der Waals surface area contributed by atoms with Crippen LogP contribution in [0.5, 0.6) is 0 Å². The molecule has 1 aromatic carbocycles. The quantitative estimate of drug-likeness (QED) is 0.491. The highest BCUT2D eigenvalue weighted by molar-refractivity contribution is 8.00. The van der Waals surface area contributed by atoms with Crippen molar-refractivity contribution in [1.82, 2.24) is 0 Å². The summed E-state index contributed by atoms with van der Waals surface area (Å²) in [5, 5.41) is 0. The van der Waals surface area contributed by atoms with E-state index in [9.17, 15) is 0 Å². The second-order valence-corrected chi connectivity index (χ2v) is 12.7. The van der Waals surface area contributed by atoms with E-state index in [-0.39, 0.29) is 0 Å². The second kappa shape index (κ2) is 6.16. The average Bonchev–Trinajstić information content (AvgIpc) is 2.50. The largest absolute Gasteiger partial charge is 0.146 e. The molecule has 0 spiro atoms. The first-order valence-electron chi connectivity index (χ1n) is 10.5. The van der Waals surface area contributed by atoms with Crippen LogP contribution in [-0.4, -0.2) is 4.75 Å². The van der Waals surface area contributed by atoms with Gasteiger partial charge < -0.3 is 0 Å². The molecule has 2 bridgehead atoms. The summed E-state index contributed by atoms with van der Waals surface area (Å²) >= 11 is 2.28. The van der Waals surface area contributed by atoms with E-state index in [4.69, 9.17) is 0 Å².